The van der Waals surface area contributed by atoms with Crippen molar-refractivity contribution in [3.8, 4) is 0 Å². The van der Waals surface area contributed by atoms with Gasteiger partial charge in [0.2, 0.25) is 0 Å². The molecule has 2 rings (SSSR count). The quantitative estimate of drug-likeness (QED) is 0.790. The van der Waals surface area contributed by atoms with E-state index in [1.807, 2.05) is 6.07 Å². The van der Waals surface area contributed by atoms with Crippen molar-refractivity contribution in [2.24, 2.45) is 5.92 Å². The summed E-state index contributed by atoms with van der Waals surface area (Å²) in [6.45, 7) is 0.666. The van der Waals surface area contributed by atoms with E-state index in [0.717, 1.165) is 12.8 Å². The second kappa shape index (κ2) is 8.03. The van der Waals surface area contributed by atoms with Crippen LogP contribution in [-0.4, -0.2) is 25.7 Å². The third-order valence-electron chi connectivity index (χ3n) is 3.96. The number of hydrogen-bond acceptors (Lipinski definition) is 3. The number of benzene rings is 1. The normalized spacial score (nSPS) is 15.5. The monoisotopic (exact) mass is 324 g/mol. The van der Waals surface area contributed by atoms with E-state index in [1.54, 1.807) is 18.2 Å². The molecule has 1 saturated carbocycles. The first-order valence-corrected chi connectivity index (χ1v) is 7.83. The summed E-state index contributed by atoms with van der Waals surface area (Å²) in [6, 6.07) is 6.34. The van der Waals surface area contributed by atoms with Gasteiger partial charge in [0, 0.05) is 11.6 Å². The summed E-state index contributed by atoms with van der Waals surface area (Å²) in [5.41, 5.74) is 0.702. The molecular formula is C16H21ClN2O3. The first-order chi connectivity index (χ1) is 10.6. The van der Waals surface area contributed by atoms with E-state index in [2.05, 4.69) is 10.6 Å². The predicted molar refractivity (Wildman–Crippen MR) is 84.7 cm³/mol. The first-order valence-electron chi connectivity index (χ1n) is 7.45. The molecule has 2 N–H and O–H groups in total. The Hall–Kier alpha value is -1.75. The van der Waals surface area contributed by atoms with Crippen molar-refractivity contribution >= 4 is 23.6 Å². The molecule has 6 heteroatoms. The molecule has 0 spiro atoms. The molecule has 1 aliphatic rings. The van der Waals surface area contributed by atoms with Gasteiger partial charge in [0.25, 0.3) is 0 Å². The lowest BCUT2D eigenvalue weighted by molar-refractivity contribution is -0.141. The van der Waals surface area contributed by atoms with Crippen LogP contribution < -0.4 is 10.6 Å². The molecule has 5 nitrogen and oxygen atoms in total. The minimum Gasteiger partial charge on any atom is -0.469 e. The molecule has 1 aliphatic carbocycles. The largest absolute Gasteiger partial charge is 0.469 e. The highest BCUT2D eigenvalue weighted by molar-refractivity contribution is 6.31. The second-order valence-corrected chi connectivity index (χ2v) is 5.91. The molecule has 120 valence electrons. The fourth-order valence-electron chi connectivity index (χ4n) is 2.39. The maximum Gasteiger partial charge on any atom is 0.315 e. The van der Waals surface area contributed by atoms with E-state index < -0.39 is 12.0 Å². The Morgan fingerprint density at radius 1 is 1.36 bits per heavy atom. The Kier molecular flexibility index (Phi) is 6.07. The molecule has 0 heterocycles. The standard InChI is InChI=1S/C16H21ClN2O3/c1-22-15(20)9-14(12-7-2-3-8-13(12)17)19-16(21)18-10-11-5-4-6-11/h2-3,7-8,11,14H,4-6,9-10H2,1H3,(H2,18,19,21). The van der Waals surface area contributed by atoms with Crippen LogP contribution in [0.1, 0.15) is 37.3 Å². The van der Waals surface area contributed by atoms with Gasteiger partial charge in [-0.15, -0.1) is 0 Å². The van der Waals surface area contributed by atoms with Crippen molar-refractivity contribution in [2.75, 3.05) is 13.7 Å². The zero-order valence-corrected chi connectivity index (χ0v) is 13.4. The van der Waals surface area contributed by atoms with Gasteiger partial charge < -0.3 is 15.4 Å². The van der Waals surface area contributed by atoms with Gasteiger partial charge >= 0.3 is 12.0 Å². The third kappa shape index (κ3) is 4.63. The van der Waals surface area contributed by atoms with E-state index in [0.29, 0.717) is 23.0 Å². The minimum absolute atomic E-state index is 0.0388. The van der Waals surface area contributed by atoms with Crippen molar-refractivity contribution in [3.63, 3.8) is 0 Å². The van der Waals surface area contributed by atoms with Crippen molar-refractivity contribution in [1.82, 2.24) is 10.6 Å². The highest BCUT2D eigenvalue weighted by Gasteiger charge is 2.22. The van der Waals surface area contributed by atoms with Crippen LogP contribution in [0, 0.1) is 5.92 Å². The Bertz CT molecular complexity index is 532. The number of nitrogens with one attached hydrogen (secondary N) is 2. The van der Waals surface area contributed by atoms with Crippen LogP contribution in [0.3, 0.4) is 0 Å². The molecule has 1 fully saturated rings. The molecule has 0 saturated heterocycles. The maximum atomic E-state index is 12.0. The average Bonchev–Trinajstić information content (AvgIpc) is 2.45. The van der Waals surface area contributed by atoms with Gasteiger partial charge in [0.05, 0.1) is 19.6 Å². The first kappa shape index (κ1) is 16.6. The lowest BCUT2D eigenvalue weighted by atomic mass is 9.85. The second-order valence-electron chi connectivity index (χ2n) is 5.51. The summed E-state index contributed by atoms with van der Waals surface area (Å²) in [4.78, 5) is 23.6. The fraction of sp³-hybridized carbons (Fsp3) is 0.500. The fourth-order valence-corrected chi connectivity index (χ4v) is 2.66. The molecule has 0 radical (unpaired) electrons. The van der Waals surface area contributed by atoms with Gasteiger partial charge in [0.1, 0.15) is 0 Å². The zero-order valence-electron chi connectivity index (χ0n) is 12.6. The predicted octanol–water partition coefficient (Wildman–Crippen LogP) is 3.04. The van der Waals surface area contributed by atoms with Crippen molar-refractivity contribution in [2.45, 2.75) is 31.7 Å². The van der Waals surface area contributed by atoms with Crippen LogP contribution in [0.5, 0.6) is 0 Å². The number of hydrogen-bond donors (Lipinski definition) is 2. The van der Waals surface area contributed by atoms with Crippen LogP contribution in [0.25, 0.3) is 0 Å². The number of methoxy groups -OCH3 is 1. The van der Waals surface area contributed by atoms with E-state index in [9.17, 15) is 9.59 Å². The highest BCUT2D eigenvalue weighted by Crippen LogP contribution is 2.26. The number of esters is 1. The molecular weight excluding hydrogens is 304 g/mol. The van der Waals surface area contributed by atoms with Gasteiger partial charge in [0.15, 0.2) is 0 Å². The SMILES string of the molecule is COC(=O)CC(NC(=O)NCC1CCC1)c1ccccc1Cl. The lowest BCUT2D eigenvalue weighted by Crippen LogP contribution is -2.41. The molecule has 0 aromatic heterocycles. The van der Waals surface area contributed by atoms with Crippen LogP contribution >= 0.6 is 11.6 Å². The molecule has 1 unspecified atom stereocenters. The van der Waals surface area contributed by atoms with E-state index in [4.69, 9.17) is 16.3 Å². The highest BCUT2D eigenvalue weighted by atomic mass is 35.5. The molecule has 2 amide bonds. The van der Waals surface area contributed by atoms with Crippen LogP contribution in [0.15, 0.2) is 24.3 Å². The lowest BCUT2D eigenvalue weighted by Gasteiger charge is -2.26. The summed E-state index contributed by atoms with van der Waals surface area (Å²) in [5, 5.41) is 6.17. The Morgan fingerprint density at radius 2 is 2.09 bits per heavy atom. The summed E-state index contributed by atoms with van der Waals surface area (Å²) in [6.07, 6.45) is 3.60. The summed E-state index contributed by atoms with van der Waals surface area (Å²) >= 11 is 6.16. The third-order valence-corrected chi connectivity index (χ3v) is 4.30. The van der Waals surface area contributed by atoms with Crippen molar-refractivity contribution < 1.29 is 14.3 Å². The zero-order chi connectivity index (χ0) is 15.9. The van der Waals surface area contributed by atoms with Crippen LogP contribution in [0.2, 0.25) is 5.02 Å². The number of urea groups is 1. The number of halogens is 1. The molecule has 0 aliphatic heterocycles. The van der Waals surface area contributed by atoms with Crippen molar-refractivity contribution in [1.29, 1.82) is 0 Å². The topological polar surface area (TPSA) is 67.4 Å². The van der Waals surface area contributed by atoms with Crippen molar-refractivity contribution in [3.05, 3.63) is 34.9 Å². The van der Waals surface area contributed by atoms with E-state index >= 15 is 0 Å². The van der Waals surface area contributed by atoms with Crippen LogP contribution in [0.4, 0.5) is 4.79 Å². The number of amides is 2. The number of carbonyl (C=O) groups excluding carboxylic acids is 2. The van der Waals surface area contributed by atoms with Gasteiger partial charge in [-0.2, -0.15) is 0 Å². The van der Waals surface area contributed by atoms with Gasteiger partial charge in [-0.25, -0.2) is 4.79 Å². The Morgan fingerprint density at radius 3 is 2.68 bits per heavy atom. The van der Waals surface area contributed by atoms with E-state index in [-0.39, 0.29) is 12.5 Å². The molecule has 22 heavy (non-hydrogen) atoms. The van der Waals surface area contributed by atoms with Gasteiger partial charge in [-0.3, -0.25) is 4.79 Å². The summed E-state index contributed by atoms with van der Waals surface area (Å²) < 4.78 is 4.69. The Labute approximate surface area is 135 Å². The molecule has 1 aromatic rings. The van der Waals surface area contributed by atoms with Gasteiger partial charge in [-0.05, 0) is 30.4 Å². The molecule has 0 bridgehead atoms. The van der Waals surface area contributed by atoms with E-state index in [1.165, 1.54) is 13.5 Å². The number of rotatable bonds is 6. The maximum absolute atomic E-state index is 12.0. The average molecular weight is 325 g/mol. The molecule has 1 atom stereocenters. The number of ether oxygens (including phenoxy) is 1. The summed E-state index contributed by atoms with van der Waals surface area (Å²) in [5.74, 6) is 0.175. The smallest absolute Gasteiger partial charge is 0.315 e. The Balaban J connectivity index is 1.98. The summed E-state index contributed by atoms with van der Waals surface area (Å²) in [7, 11) is 1.32. The molecule has 1 aromatic carbocycles. The number of carbonyl (C=O) groups is 2. The van der Waals surface area contributed by atoms with Crippen LogP contribution in [-0.2, 0) is 9.53 Å². The van der Waals surface area contributed by atoms with Gasteiger partial charge in [-0.1, -0.05) is 36.2 Å². The minimum atomic E-state index is -0.512.